The Labute approximate surface area is 182 Å². The van der Waals surface area contributed by atoms with Crippen molar-refractivity contribution in [2.45, 2.75) is 19.3 Å². The number of benzene rings is 2. The summed E-state index contributed by atoms with van der Waals surface area (Å²) in [5.41, 5.74) is 4.74. The van der Waals surface area contributed by atoms with Crippen LogP contribution in [0.1, 0.15) is 30.4 Å². The fraction of sp³-hybridized carbons (Fsp3) is 0.308. The fourth-order valence-corrected chi connectivity index (χ4v) is 4.97. The van der Waals surface area contributed by atoms with Crippen LogP contribution in [0, 0.1) is 11.8 Å². The Morgan fingerprint density at radius 1 is 1.10 bits per heavy atom. The summed E-state index contributed by atoms with van der Waals surface area (Å²) in [6.07, 6.45) is 2.42. The minimum atomic E-state index is -0.425. The maximum Gasteiger partial charge on any atom is 0.233 e. The van der Waals surface area contributed by atoms with E-state index in [0.717, 1.165) is 33.6 Å². The number of amides is 2. The summed E-state index contributed by atoms with van der Waals surface area (Å²) in [7, 11) is 3.18. The molecule has 0 aromatic heterocycles. The summed E-state index contributed by atoms with van der Waals surface area (Å²) in [5.74, 6) is -0.613. The number of hydrogen-bond acceptors (Lipinski definition) is 4. The van der Waals surface area contributed by atoms with Crippen molar-refractivity contribution >= 4 is 17.9 Å². The molecule has 5 nitrogen and oxygen atoms in total. The van der Waals surface area contributed by atoms with Crippen molar-refractivity contribution in [3.05, 3.63) is 82.4 Å². The SMILES string of the molecule is COc1ccc([C@@H]2C(C)=C(/C(=C/c3ccccc3)CO)C[C@@H]3C(=O)N(C)C(=O)[C@@H]32)cc1. The standard InChI is InChI=1S/C26H27NO4/c1-16-21(19(15-28)13-17-7-5-4-6-8-17)14-22-24(26(30)27(2)25(22)29)23(16)18-9-11-20(31-3)12-10-18/h4-13,22-24,28H,14-15H2,1-3H3/b19-13+/t22-,23-,24-/m0/s1. The minimum Gasteiger partial charge on any atom is -0.497 e. The second kappa shape index (κ2) is 8.52. The minimum absolute atomic E-state index is 0.133. The zero-order valence-electron chi connectivity index (χ0n) is 18.0. The summed E-state index contributed by atoms with van der Waals surface area (Å²) >= 11 is 0. The molecule has 1 aliphatic carbocycles. The van der Waals surface area contributed by atoms with E-state index >= 15 is 0 Å². The molecule has 2 aromatic carbocycles. The maximum atomic E-state index is 13.0. The van der Waals surface area contributed by atoms with Crippen molar-refractivity contribution in [3.63, 3.8) is 0 Å². The number of rotatable bonds is 5. The average Bonchev–Trinajstić information content (AvgIpc) is 3.01. The number of allylic oxidation sites excluding steroid dienone is 1. The molecule has 1 saturated heterocycles. The van der Waals surface area contributed by atoms with Gasteiger partial charge in [-0.2, -0.15) is 0 Å². The number of likely N-dealkylation sites (tertiary alicyclic amines) is 1. The van der Waals surface area contributed by atoms with Crippen molar-refractivity contribution in [2.75, 3.05) is 20.8 Å². The highest BCUT2D eigenvalue weighted by atomic mass is 16.5. The first-order valence-electron chi connectivity index (χ1n) is 10.5. The summed E-state index contributed by atoms with van der Waals surface area (Å²) < 4.78 is 5.28. The molecule has 0 spiro atoms. The number of carbonyl (C=O) groups excluding carboxylic acids is 2. The van der Waals surface area contributed by atoms with Crippen LogP contribution >= 0.6 is 0 Å². The summed E-state index contributed by atoms with van der Waals surface area (Å²) in [6, 6.07) is 17.5. The highest BCUT2D eigenvalue weighted by molar-refractivity contribution is 6.06. The first-order valence-corrected chi connectivity index (χ1v) is 10.5. The lowest BCUT2D eigenvalue weighted by atomic mass is 9.66. The fourth-order valence-electron chi connectivity index (χ4n) is 4.97. The van der Waals surface area contributed by atoms with E-state index in [1.165, 1.54) is 4.90 Å². The Balaban J connectivity index is 1.85. The molecule has 5 heteroatoms. The summed E-state index contributed by atoms with van der Waals surface area (Å²) in [5, 5.41) is 10.2. The van der Waals surface area contributed by atoms with Crippen molar-refractivity contribution in [1.82, 2.24) is 4.90 Å². The van der Waals surface area contributed by atoms with Gasteiger partial charge in [-0.1, -0.05) is 48.0 Å². The third-order valence-electron chi connectivity index (χ3n) is 6.60. The molecule has 0 radical (unpaired) electrons. The van der Waals surface area contributed by atoms with Crippen LogP contribution in [0.25, 0.3) is 6.08 Å². The van der Waals surface area contributed by atoms with Gasteiger partial charge >= 0.3 is 0 Å². The smallest absolute Gasteiger partial charge is 0.233 e. The molecule has 2 amide bonds. The maximum absolute atomic E-state index is 13.0. The predicted molar refractivity (Wildman–Crippen MR) is 119 cm³/mol. The zero-order chi connectivity index (χ0) is 22.1. The Bertz CT molecular complexity index is 1050. The molecule has 0 bridgehead atoms. The number of ether oxygens (including phenoxy) is 1. The monoisotopic (exact) mass is 417 g/mol. The number of nitrogens with zero attached hydrogens (tertiary/aromatic N) is 1. The van der Waals surface area contributed by atoms with Gasteiger partial charge in [0, 0.05) is 13.0 Å². The Morgan fingerprint density at radius 2 is 1.77 bits per heavy atom. The van der Waals surface area contributed by atoms with E-state index in [1.807, 2.05) is 67.6 Å². The second-order valence-corrected chi connectivity index (χ2v) is 8.22. The molecule has 31 heavy (non-hydrogen) atoms. The number of aliphatic hydroxyl groups is 1. The summed E-state index contributed by atoms with van der Waals surface area (Å²) in [6.45, 7) is 1.89. The van der Waals surface area contributed by atoms with Crippen LogP contribution in [0.2, 0.25) is 0 Å². The summed E-state index contributed by atoms with van der Waals surface area (Å²) in [4.78, 5) is 27.2. The molecule has 1 N–H and O–H groups in total. The molecule has 2 aromatic rings. The molecular formula is C26H27NO4. The zero-order valence-corrected chi connectivity index (χ0v) is 18.0. The van der Waals surface area contributed by atoms with Crippen LogP contribution in [-0.4, -0.2) is 42.6 Å². The van der Waals surface area contributed by atoms with Crippen molar-refractivity contribution < 1.29 is 19.4 Å². The van der Waals surface area contributed by atoms with Crippen LogP contribution in [0.3, 0.4) is 0 Å². The van der Waals surface area contributed by atoms with Crippen molar-refractivity contribution in [1.29, 1.82) is 0 Å². The highest BCUT2D eigenvalue weighted by Crippen LogP contribution is 2.50. The van der Waals surface area contributed by atoms with Crippen LogP contribution in [0.4, 0.5) is 0 Å². The van der Waals surface area contributed by atoms with Gasteiger partial charge in [-0.05, 0) is 53.8 Å². The molecule has 1 fully saturated rings. The second-order valence-electron chi connectivity index (χ2n) is 8.22. The molecule has 1 aliphatic heterocycles. The number of carbonyl (C=O) groups is 2. The molecule has 1 heterocycles. The molecule has 2 aliphatic rings. The average molecular weight is 418 g/mol. The van der Waals surface area contributed by atoms with E-state index < -0.39 is 11.8 Å². The number of imide groups is 1. The van der Waals surface area contributed by atoms with Crippen LogP contribution in [0.5, 0.6) is 5.75 Å². The first kappa shape index (κ1) is 21.1. The molecular weight excluding hydrogens is 390 g/mol. The van der Waals surface area contributed by atoms with Gasteiger partial charge in [0.25, 0.3) is 0 Å². The highest BCUT2D eigenvalue weighted by Gasteiger charge is 2.53. The lowest BCUT2D eigenvalue weighted by Gasteiger charge is -2.35. The Hall–Kier alpha value is -3.18. The van der Waals surface area contributed by atoms with Crippen LogP contribution in [0.15, 0.2) is 71.3 Å². The third kappa shape index (κ3) is 3.70. The topological polar surface area (TPSA) is 66.8 Å². The van der Waals surface area contributed by atoms with Gasteiger partial charge in [-0.25, -0.2) is 0 Å². The first-order chi connectivity index (χ1) is 15.0. The van der Waals surface area contributed by atoms with Gasteiger partial charge in [-0.15, -0.1) is 0 Å². The molecule has 160 valence electrons. The predicted octanol–water partition coefficient (Wildman–Crippen LogP) is 3.81. The van der Waals surface area contributed by atoms with E-state index in [2.05, 4.69) is 0 Å². The van der Waals surface area contributed by atoms with E-state index in [4.69, 9.17) is 4.74 Å². The van der Waals surface area contributed by atoms with Crippen molar-refractivity contribution in [2.24, 2.45) is 11.8 Å². The van der Waals surface area contributed by atoms with E-state index in [9.17, 15) is 14.7 Å². The van der Waals surface area contributed by atoms with Gasteiger partial charge in [0.05, 0.1) is 25.6 Å². The quantitative estimate of drug-likeness (QED) is 0.752. The third-order valence-corrected chi connectivity index (χ3v) is 6.60. The largest absolute Gasteiger partial charge is 0.497 e. The molecule has 0 saturated carbocycles. The van der Waals surface area contributed by atoms with E-state index in [1.54, 1.807) is 14.2 Å². The van der Waals surface area contributed by atoms with E-state index in [-0.39, 0.29) is 24.3 Å². The Morgan fingerprint density at radius 3 is 2.39 bits per heavy atom. The van der Waals surface area contributed by atoms with Gasteiger partial charge < -0.3 is 9.84 Å². The van der Waals surface area contributed by atoms with Crippen LogP contribution < -0.4 is 4.74 Å². The van der Waals surface area contributed by atoms with Crippen LogP contribution in [-0.2, 0) is 9.59 Å². The normalized spacial score (nSPS) is 23.9. The number of aliphatic hydroxyl groups excluding tert-OH is 1. The van der Waals surface area contributed by atoms with E-state index in [0.29, 0.717) is 6.42 Å². The number of fused-ring (bicyclic) bond motifs is 1. The van der Waals surface area contributed by atoms with Gasteiger partial charge in [0.15, 0.2) is 0 Å². The molecule has 4 rings (SSSR count). The van der Waals surface area contributed by atoms with Gasteiger partial charge in [0.1, 0.15) is 5.75 Å². The van der Waals surface area contributed by atoms with Gasteiger partial charge in [0.2, 0.25) is 11.8 Å². The number of methoxy groups -OCH3 is 1. The van der Waals surface area contributed by atoms with Gasteiger partial charge in [-0.3, -0.25) is 14.5 Å². The Kier molecular flexibility index (Phi) is 5.79. The lowest BCUT2D eigenvalue weighted by molar-refractivity contribution is -0.138. The number of hydrogen-bond donors (Lipinski definition) is 1. The van der Waals surface area contributed by atoms with Crippen molar-refractivity contribution in [3.8, 4) is 5.75 Å². The lowest BCUT2D eigenvalue weighted by Crippen LogP contribution is -2.32. The molecule has 3 atom stereocenters. The molecule has 0 unspecified atom stereocenters.